The maximum absolute atomic E-state index is 5.74. The number of nitrogens with zero attached hydrogens (tertiary/aromatic N) is 1. The number of hydrogen-bond donors (Lipinski definition) is 2. The molecule has 0 saturated heterocycles. The molecular weight excluding hydrogens is 186 g/mol. The van der Waals surface area contributed by atoms with Crippen molar-refractivity contribution in [3.05, 3.63) is 12.2 Å². The van der Waals surface area contributed by atoms with Crippen molar-refractivity contribution in [2.75, 3.05) is 13.1 Å². The zero-order valence-electron chi connectivity index (χ0n) is 9.92. The predicted molar refractivity (Wildman–Crippen MR) is 65.8 cm³/mol. The van der Waals surface area contributed by atoms with Crippen LogP contribution in [0.1, 0.15) is 33.1 Å². The first kappa shape index (κ1) is 12.1. The van der Waals surface area contributed by atoms with Crippen LogP contribution in [0.5, 0.6) is 0 Å². The zero-order valence-corrected chi connectivity index (χ0v) is 9.92. The third-order valence-electron chi connectivity index (χ3n) is 3.10. The molecule has 1 rings (SSSR count). The molecule has 0 aromatic rings. The molecular formula is C12H23N3. The lowest BCUT2D eigenvalue weighted by molar-refractivity contribution is 0.414. The van der Waals surface area contributed by atoms with E-state index in [0.29, 0.717) is 12.5 Å². The average Bonchev–Trinajstić information content (AvgIpc) is 2.58. The molecule has 0 amide bonds. The highest BCUT2D eigenvalue weighted by Crippen LogP contribution is 2.30. The van der Waals surface area contributed by atoms with Gasteiger partial charge < -0.3 is 11.1 Å². The van der Waals surface area contributed by atoms with Gasteiger partial charge in [0.15, 0.2) is 5.96 Å². The van der Waals surface area contributed by atoms with Crippen LogP contribution in [0.25, 0.3) is 0 Å². The van der Waals surface area contributed by atoms with Crippen molar-refractivity contribution >= 4 is 5.96 Å². The van der Waals surface area contributed by atoms with E-state index >= 15 is 0 Å². The van der Waals surface area contributed by atoms with E-state index in [0.717, 1.165) is 24.0 Å². The quantitative estimate of drug-likeness (QED) is 0.422. The summed E-state index contributed by atoms with van der Waals surface area (Å²) in [6.07, 6.45) is 4.04. The van der Waals surface area contributed by atoms with Crippen LogP contribution in [0.15, 0.2) is 17.1 Å². The lowest BCUT2D eigenvalue weighted by Crippen LogP contribution is -2.36. The number of rotatable bonds is 4. The molecule has 2 atom stereocenters. The van der Waals surface area contributed by atoms with Gasteiger partial charge in [0.1, 0.15) is 0 Å². The summed E-state index contributed by atoms with van der Waals surface area (Å²) >= 11 is 0. The molecule has 1 fully saturated rings. The van der Waals surface area contributed by atoms with Gasteiger partial charge in [0.05, 0.1) is 6.54 Å². The fourth-order valence-electron chi connectivity index (χ4n) is 2.04. The molecule has 1 saturated carbocycles. The Kier molecular flexibility index (Phi) is 4.66. The lowest BCUT2D eigenvalue weighted by atomic mass is 9.98. The Labute approximate surface area is 92.8 Å². The van der Waals surface area contributed by atoms with Crippen LogP contribution in [-0.2, 0) is 0 Å². The number of aliphatic imine (C=N–C) groups is 1. The van der Waals surface area contributed by atoms with E-state index in [1.54, 1.807) is 0 Å². The monoisotopic (exact) mass is 209 g/mol. The second-order valence-corrected chi connectivity index (χ2v) is 4.71. The number of nitrogens with two attached hydrogens (primary N) is 1. The number of nitrogens with one attached hydrogen (secondary N) is 1. The molecule has 15 heavy (non-hydrogen) atoms. The Morgan fingerprint density at radius 3 is 2.80 bits per heavy atom. The van der Waals surface area contributed by atoms with Crippen molar-refractivity contribution < 1.29 is 0 Å². The van der Waals surface area contributed by atoms with E-state index < -0.39 is 0 Å². The van der Waals surface area contributed by atoms with Gasteiger partial charge in [0, 0.05) is 6.54 Å². The van der Waals surface area contributed by atoms with Gasteiger partial charge in [-0.05, 0) is 25.2 Å². The fraction of sp³-hybridized carbons (Fsp3) is 0.750. The van der Waals surface area contributed by atoms with E-state index in [4.69, 9.17) is 5.73 Å². The summed E-state index contributed by atoms with van der Waals surface area (Å²) in [5, 5.41) is 3.20. The van der Waals surface area contributed by atoms with Gasteiger partial charge in [0.25, 0.3) is 0 Å². The second-order valence-electron chi connectivity index (χ2n) is 4.71. The third kappa shape index (κ3) is 4.36. The Bertz CT molecular complexity index is 245. The summed E-state index contributed by atoms with van der Waals surface area (Å²) < 4.78 is 0. The predicted octanol–water partition coefficient (Wildman–Crippen LogP) is 1.90. The molecule has 3 heteroatoms. The molecule has 2 unspecified atom stereocenters. The van der Waals surface area contributed by atoms with Crippen molar-refractivity contribution in [3.8, 4) is 0 Å². The van der Waals surface area contributed by atoms with Crippen LogP contribution in [0.3, 0.4) is 0 Å². The fourth-order valence-corrected chi connectivity index (χ4v) is 2.04. The van der Waals surface area contributed by atoms with Gasteiger partial charge in [-0.15, -0.1) is 0 Å². The minimum Gasteiger partial charge on any atom is -0.370 e. The van der Waals surface area contributed by atoms with Gasteiger partial charge in [0.2, 0.25) is 0 Å². The van der Waals surface area contributed by atoms with E-state index in [2.05, 4.69) is 23.8 Å². The zero-order chi connectivity index (χ0) is 11.3. The molecule has 0 spiro atoms. The van der Waals surface area contributed by atoms with Crippen molar-refractivity contribution in [2.45, 2.75) is 33.1 Å². The number of guanidine groups is 1. The first-order chi connectivity index (χ1) is 7.09. The molecule has 0 heterocycles. The van der Waals surface area contributed by atoms with E-state index in [1.807, 2.05) is 6.92 Å². The van der Waals surface area contributed by atoms with Gasteiger partial charge in [-0.2, -0.15) is 0 Å². The Morgan fingerprint density at radius 2 is 2.27 bits per heavy atom. The largest absolute Gasteiger partial charge is 0.370 e. The summed E-state index contributed by atoms with van der Waals surface area (Å²) in [7, 11) is 0. The minimum atomic E-state index is 0.553. The second kappa shape index (κ2) is 5.79. The number of hydrogen-bond acceptors (Lipinski definition) is 1. The van der Waals surface area contributed by atoms with Crippen LogP contribution < -0.4 is 11.1 Å². The van der Waals surface area contributed by atoms with Gasteiger partial charge >= 0.3 is 0 Å². The molecule has 86 valence electrons. The van der Waals surface area contributed by atoms with E-state index in [-0.39, 0.29) is 0 Å². The molecule has 1 aliphatic rings. The van der Waals surface area contributed by atoms with E-state index in [1.165, 1.54) is 19.3 Å². The average molecular weight is 209 g/mol. The molecule has 0 bridgehead atoms. The van der Waals surface area contributed by atoms with Crippen molar-refractivity contribution in [1.82, 2.24) is 5.32 Å². The van der Waals surface area contributed by atoms with E-state index in [9.17, 15) is 0 Å². The van der Waals surface area contributed by atoms with Crippen molar-refractivity contribution in [2.24, 2.45) is 22.6 Å². The summed E-state index contributed by atoms with van der Waals surface area (Å²) in [5.74, 6) is 2.15. The van der Waals surface area contributed by atoms with Crippen LogP contribution in [-0.4, -0.2) is 19.0 Å². The van der Waals surface area contributed by atoms with Crippen molar-refractivity contribution in [3.63, 3.8) is 0 Å². The van der Waals surface area contributed by atoms with Crippen LogP contribution >= 0.6 is 0 Å². The minimum absolute atomic E-state index is 0.553. The normalized spacial score (nSPS) is 26.7. The van der Waals surface area contributed by atoms with Crippen molar-refractivity contribution in [1.29, 1.82) is 0 Å². The first-order valence-electron chi connectivity index (χ1n) is 5.77. The summed E-state index contributed by atoms with van der Waals surface area (Å²) in [6.45, 7) is 9.65. The Balaban J connectivity index is 2.24. The molecule has 3 N–H and O–H groups in total. The highest BCUT2D eigenvalue weighted by Gasteiger charge is 2.22. The van der Waals surface area contributed by atoms with Crippen LogP contribution in [0, 0.1) is 11.8 Å². The van der Waals surface area contributed by atoms with Gasteiger partial charge in [-0.1, -0.05) is 31.9 Å². The molecule has 0 aromatic heterocycles. The highest BCUT2D eigenvalue weighted by atomic mass is 15.1. The highest BCUT2D eigenvalue weighted by molar-refractivity contribution is 5.77. The summed E-state index contributed by atoms with van der Waals surface area (Å²) in [6, 6.07) is 0. The first-order valence-corrected chi connectivity index (χ1v) is 5.77. The smallest absolute Gasteiger partial charge is 0.188 e. The summed E-state index contributed by atoms with van der Waals surface area (Å²) in [4.78, 5) is 4.19. The van der Waals surface area contributed by atoms with Crippen LogP contribution in [0.2, 0.25) is 0 Å². The van der Waals surface area contributed by atoms with Gasteiger partial charge in [-0.3, -0.25) is 0 Å². The Morgan fingerprint density at radius 1 is 1.53 bits per heavy atom. The van der Waals surface area contributed by atoms with Crippen LogP contribution in [0.4, 0.5) is 0 Å². The summed E-state index contributed by atoms with van der Waals surface area (Å²) in [5.41, 5.74) is 6.78. The Hall–Kier alpha value is -0.990. The molecule has 0 aliphatic heterocycles. The third-order valence-corrected chi connectivity index (χ3v) is 3.10. The standard InChI is InChI=1S/C12H23N3/c1-9(2)7-14-12(13)15-8-11-6-4-5-10(11)3/h10-11H,1,4-8H2,2-3H3,(H3,13,14,15). The maximum atomic E-state index is 5.74. The lowest BCUT2D eigenvalue weighted by Gasteiger charge is -2.16. The molecule has 3 nitrogen and oxygen atoms in total. The molecule has 0 radical (unpaired) electrons. The topological polar surface area (TPSA) is 50.4 Å². The molecule has 0 aromatic carbocycles. The molecule has 1 aliphatic carbocycles. The maximum Gasteiger partial charge on any atom is 0.188 e. The van der Waals surface area contributed by atoms with Gasteiger partial charge in [-0.25, -0.2) is 4.99 Å². The SMILES string of the molecule is C=C(C)CN=C(N)NCC1CCCC1C.